The summed E-state index contributed by atoms with van der Waals surface area (Å²) in [6, 6.07) is 8.14. The Morgan fingerprint density at radius 2 is 2.16 bits per heavy atom. The molecule has 0 aromatic heterocycles. The van der Waals surface area contributed by atoms with E-state index in [9.17, 15) is 15.0 Å². The van der Waals surface area contributed by atoms with Crippen LogP contribution in [0.1, 0.15) is 44.1 Å². The minimum atomic E-state index is -0.706. The van der Waals surface area contributed by atoms with Gasteiger partial charge < -0.3 is 15.1 Å². The average molecular weight is 530 g/mol. The molecule has 2 bridgehead atoms. The number of hydrogen-bond donors (Lipinski definition) is 2. The molecule has 1 heterocycles. The number of benzene rings is 1. The van der Waals surface area contributed by atoms with Crippen LogP contribution in [0.25, 0.3) is 0 Å². The van der Waals surface area contributed by atoms with E-state index < -0.39 is 5.97 Å². The van der Waals surface area contributed by atoms with E-state index in [1.165, 1.54) is 12.0 Å². The quantitative estimate of drug-likeness (QED) is 0.557. The fourth-order valence-electron chi connectivity index (χ4n) is 5.15. The van der Waals surface area contributed by atoms with Crippen LogP contribution in [0.4, 0.5) is 0 Å². The molecule has 0 amide bonds. The van der Waals surface area contributed by atoms with E-state index >= 15 is 0 Å². The number of fused-ring (bicyclic) bond motifs is 2. The molecular weight excluding hydrogens is 503 g/mol. The maximum Gasteiger partial charge on any atom is 0.303 e. The Bertz CT molecular complexity index is 600. The first-order valence-corrected chi connectivity index (χ1v) is 9.84. The molecule has 135 valence electrons. The van der Waals surface area contributed by atoms with Crippen molar-refractivity contribution in [1.29, 1.82) is 0 Å². The summed E-state index contributed by atoms with van der Waals surface area (Å²) in [4.78, 5) is 13.8. The van der Waals surface area contributed by atoms with Crippen molar-refractivity contribution in [1.82, 2.24) is 4.90 Å². The van der Waals surface area contributed by atoms with Gasteiger partial charge in [-0.15, -0.1) is 5.28 Å². The Morgan fingerprint density at radius 3 is 2.84 bits per heavy atom. The zero-order valence-corrected chi connectivity index (χ0v) is 18.4. The van der Waals surface area contributed by atoms with Crippen molar-refractivity contribution >= 4 is 22.3 Å². The molecule has 0 spiro atoms. The average Bonchev–Trinajstić information content (AvgIpc) is 2.55. The van der Waals surface area contributed by atoms with Crippen molar-refractivity contribution in [3.8, 4) is 5.75 Å². The van der Waals surface area contributed by atoms with Gasteiger partial charge in [0.1, 0.15) is 22.0 Å². The zero-order valence-electron chi connectivity index (χ0n) is 14.5. The van der Waals surface area contributed by atoms with Gasteiger partial charge in [0.2, 0.25) is 0 Å². The van der Waals surface area contributed by atoms with Crippen molar-refractivity contribution in [3.63, 3.8) is 0 Å². The van der Waals surface area contributed by atoms with Crippen LogP contribution in [-0.4, -0.2) is 56.5 Å². The smallest absolute Gasteiger partial charge is 0.303 e. The second-order valence-electron chi connectivity index (χ2n) is 7.28. The van der Waals surface area contributed by atoms with Crippen molar-refractivity contribution in [2.45, 2.75) is 55.3 Å². The number of aromatic hydroxyl groups is 1. The molecule has 6 heteroatoms. The van der Waals surface area contributed by atoms with E-state index in [1.54, 1.807) is 6.07 Å². The Hall–Kier alpha value is -0.355. The van der Waals surface area contributed by atoms with Gasteiger partial charge in [-0.3, -0.25) is 4.79 Å². The first-order chi connectivity index (χ1) is 11.6. The number of rotatable bonds is 6. The molecule has 25 heavy (non-hydrogen) atoms. The largest absolute Gasteiger partial charge is 0.508 e. The van der Waals surface area contributed by atoms with Crippen molar-refractivity contribution < 1.29 is 35.4 Å². The molecule has 1 aliphatic carbocycles. The molecule has 1 unspecified atom stereocenters. The van der Waals surface area contributed by atoms with Gasteiger partial charge in [0.25, 0.3) is 0 Å². The number of carboxylic acid groups (broad SMARTS) is 1. The Kier molecular flexibility index (Phi) is 7.57. The van der Waals surface area contributed by atoms with Gasteiger partial charge in [-0.1, -0.05) is 18.6 Å². The van der Waals surface area contributed by atoms with Crippen LogP contribution in [0.2, 0.25) is 5.28 Å². The van der Waals surface area contributed by atoms with Gasteiger partial charge in [-0.25, -0.2) is 0 Å². The molecule has 1 aliphatic heterocycles. The third kappa shape index (κ3) is 4.32. The second-order valence-corrected chi connectivity index (χ2v) is 7.86. The Balaban J connectivity index is 0.00000225. The molecule has 1 aromatic carbocycles. The fraction of sp³-hybridized carbons (Fsp3) is 0.632. The molecule has 3 atom stereocenters. The first-order valence-electron chi connectivity index (χ1n) is 9.02. The molecule has 4 nitrogen and oxygen atoms in total. The van der Waals surface area contributed by atoms with Crippen LogP contribution < -0.4 is 0 Å². The van der Waals surface area contributed by atoms with Gasteiger partial charge in [-0.2, -0.15) is 0 Å². The third-order valence-electron chi connectivity index (χ3n) is 6.12. The number of carboxylic acids is 1. The van der Waals surface area contributed by atoms with E-state index in [4.69, 9.17) is 0 Å². The summed E-state index contributed by atoms with van der Waals surface area (Å²) >= 11 is 2.81. The van der Waals surface area contributed by atoms with Crippen molar-refractivity contribution in [2.24, 2.45) is 5.92 Å². The fourth-order valence-corrected chi connectivity index (χ4v) is 5.48. The van der Waals surface area contributed by atoms with Gasteiger partial charge in [0.15, 0.2) is 0 Å². The predicted molar refractivity (Wildman–Crippen MR) is 94.5 cm³/mol. The number of hydrogen-bond acceptors (Lipinski definition) is 3. The number of piperidine rings is 1. The van der Waals surface area contributed by atoms with E-state index in [0.29, 0.717) is 17.7 Å². The minimum absolute atomic E-state index is 0. The standard InChI is InChI=1S/C19H26NO3.Al.Re/c1-2-20-12-11-19(14-5-3-6-15(21)13-14)10-4-7-17(20)16(19)8-9-18(22)23;;/h3,5-6,13,16-17,21H,1-2,4,7-12H2,(H,22,23);;/t16?,17-,19-;;/m0../s1. The molecular formula is C19H26AlNO3Re. The predicted octanol–water partition coefficient (Wildman–Crippen LogP) is 2.95. The molecule has 2 fully saturated rings. The topological polar surface area (TPSA) is 60.8 Å². The van der Waals surface area contributed by atoms with Gasteiger partial charge in [0, 0.05) is 38.3 Å². The molecule has 1 saturated carbocycles. The second kappa shape index (κ2) is 9.03. The number of phenolic OH excluding ortho intramolecular Hbond substituents is 1. The molecule has 3 rings (SSSR count). The molecule has 3 radical (unpaired) electrons. The SMILES string of the molecule is O=C(O)CCC1[C@@H]2CCC[C@@]1(c1cccc(O)c1)CCN2C[CH2][Al].[Re]. The van der Waals surface area contributed by atoms with Crippen molar-refractivity contribution in [3.05, 3.63) is 29.8 Å². The van der Waals surface area contributed by atoms with Gasteiger partial charge in [0.05, 0.1) is 0 Å². The maximum absolute atomic E-state index is 11.2. The van der Waals surface area contributed by atoms with Crippen LogP contribution in [-0.2, 0) is 30.6 Å². The Morgan fingerprint density at radius 1 is 1.36 bits per heavy atom. The van der Waals surface area contributed by atoms with Crippen LogP contribution in [0, 0.1) is 5.92 Å². The first kappa shape index (κ1) is 21.0. The number of phenols is 1. The van der Waals surface area contributed by atoms with Gasteiger partial charge in [-0.05, 0) is 62.4 Å². The third-order valence-corrected chi connectivity index (χ3v) is 6.38. The van der Waals surface area contributed by atoms with Crippen LogP contribution in [0.3, 0.4) is 0 Å². The Labute approximate surface area is 172 Å². The number of likely N-dealkylation sites (tertiary alicyclic amines) is 1. The van der Waals surface area contributed by atoms with Gasteiger partial charge >= 0.3 is 5.97 Å². The molecule has 2 N–H and O–H groups in total. The van der Waals surface area contributed by atoms with E-state index in [-0.39, 0.29) is 32.3 Å². The van der Waals surface area contributed by atoms with Crippen molar-refractivity contribution in [2.75, 3.05) is 13.1 Å². The monoisotopic (exact) mass is 530 g/mol. The normalized spacial score (nSPS) is 29.0. The number of aliphatic carboxylic acids is 1. The summed E-state index contributed by atoms with van der Waals surface area (Å²) in [6.07, 6.45) is 5.46. The summed E-state index contributed by atoms with van der Waals surface area (Å²) in [7, 11) is 0. The van der Waals surface area contributed by atoms with E-state index in [2.05, 4.69) is 27.3 Å². The maximum atomic E-state index is 11.2. The van der Waals surface area contributed by atoms with E-state index in [0.717, 1.165) is 44.1 Å². The van der Waals surface area contributed by atoms with E-state index in [1.807, 2.05) is 12.1 Å². The number of nitrogens with zero attached hydrogens (tertiary/aromatic N) is 1. The summed E-state index contributed by atoms with van der Waals surface area (Å²) in [5, 5.41) is 20.2. The zero-order chi connectivity index (χ0) is 17.2. The molecule has 1 saturated heterocycles. The van der Waals surface area contributed by atoms with Crippen LogP contribution in [0.15, 0.2) is 24.3 Å². The summed E-state index contributed by atoms with van der Waals surface area (Å²) in [6.45, 7) is 2.13. The summed E-state index contributed by atoms with van der Waals surface area (Å²) in [5.41, 5.74) is 1.22. The van der Waals surface area contributed by atoms with Crippen LogP contribution in [0.5, 0.6) is 5.75 Å². The molecule has 1 aromatic rings. The van der Waals surface area contributed by atoms with Crippen LogP contribution >= 0.6 is 0 Å². The molecule has 2 aliphatic rings. The minimum Gasteiger partial charge on any atom is -0.508 e. The number of carbonyl (C=O) groups is 1. The summed E-state index contributed by atoms with van der Waals surface area (Å²) < 4.78 is 0. The summed E-state index contributed by atoms with van der Waals surface area (Å²) in [5.74, 6) is -0.0369.